The van der Waals surface area contributed by atoms with Crippen molar-refractivity contribution < 1.29 is 14.3 Å². The fourth-order valence-electron chi connectivity index (χ4n) is 1.31. The number of carbonyl (C=O) groups excluding carboxylic acids is 1. The van der Waals surface area contributed by atoms with Crippen molar-refractivity contribution in [3.63, 3.8) is 0 Å². The minimum Gasteiger partial charge on any atom is -0.454 e. The van der Waals surface area contributed by atoms with E-state index in [1.54, 1.807) is 0 Å². The monoisotopic (exact) mass is 207 g/mol. The Balaban J connectivity index is 2.10. The molecule has 76 valence electrons. The molecule has 1 aliphatic heterocycles. The summed E-state index contributed by atoms with van der Waals surface area (Å²) in [4.78, 5) is 12.4. The number of halogens is 1. The molecule has 1 aliphatic rings. The third-order valence-corrected chi connectivity index (χ3v) is 2.11. The van der Waals surface area contributed by atoms with Crippen molar-refractivity contribution in [2.45, 2.75) is 12.5 Å². The minimum absolute atomic E-state index is 0.162. The van der Waals surface area contributed by atoms with Gasteiger partial charge in [0.2, 0.25) is 0 Å². The SMILES string of the molecule is CN1CCOC(CCOC(=O)Cl)C1. The Labute approximate surface area is 82.7 Å². The van der Waals surface area contributed by atoms with Crippen molar-refractivity contribution in [2.75, 3.05) is 33.4 Å². The lowest BCUT2D eigenvalue weighted by Gasteiger charge is -2.29. The molecule has 5 heteroatoms. The van der Waals surface area contributed by atoms with Crippen LogP contribution in [0.2, 0.25) is 0 Å². The van der Waals surface area contributed by atoms with Gasteiger partial charge in [-0.1, -0.05) is 0 Å². The van der Waals surface area contributed by atoms with Crippen molar-refractivity contribution in [3.8, 4) is 0 Å². The van der Waals surface area contributed by atoms with Crippen LogP contribution >= 0.6 is 11.6 Å². The van der Waals surface area contributed by atoms with E-state index in [0.29, 0.717) is 13.0 Å². The molecule has 0 N–H and O–H groups in total. The standard InChI is InChI=1S/C8H14ClNO3/c1-10-3-5-12-7(6-10)2-4-13-8(9)11/h7H,2-6H2,1H3. The molecular weight excluding hydrogens is 194 g/mol. The summed E-state index contributed by atoms with van der Waals surface area (Å²) in [5, 5.41) is 0. The highest BCUT2D eigenvalue weighted by atomic mass is 35.5. The van der Waals surface area contributed by atoms with E-state index < -0.39 is 5.43 Å². The summed E-state index contributed by atoms with van der Waals surface area (Å²) in [6, 6.07) is 0. The second kappa shape index (κ2) is 5.42. The van der Waals surface area contributed by atoms with Crippen molar-refractivity contribution in [1.29, 1.82) is 0 Å². The number of morpholine rings is 1. The quantitative estimate of drug-likeness (QED) is 0.650. The fraction of sp³-hybridized carbons (Fsp3) is 0.875. The maximum Gasteiger partial charge on any atom is 0.403 e. The summed E-state index contributed by atoms with van der Waals surface area (Å²) in [6.45, 7) is 2.93. The third-order valence-electron chi connectivity index (χ3n) is 2.00. The molecule has 0 saturated carbocycles. The summed E-state index contributed by atoms with van der Waals surface area (Å²) in [5.41, 5.74) is -0.746. The highest BCUT2D eigenvalue weighted by molar-refractivity contribution is 6.61. The Bertz CT molecular complexity index is 177. The van der Waals surface area contributed by atoms with Crippen LogP contribution in [0, 0.1) is 0 Å². The molecule has 0 aromatic rings. The third kappa shape index (κ3) is 4.45. The lowest BCUT2D eigenvalue weighted by Crippen LogP contribution is -2.40. The molecule has 0 radical (unpaired) electrons. The average Bonchev–Trinajstić information content (AvgIpc) is 2.03. The van der Waals surface area contributed by atoms with Gasteiger partial charge in [-0.3, -0.25) is 0 Å². The summed E-state index contributed by atoms with van der Waals surface area (Å²) in [5.74, 6) is 0. The summed E-state index contributed by atoms with van der Waals surface area (Å²) in [7, 11) is 2.04. The van der Waals surface area contributed by atoms with Crippen LogP contribution in [-0.2, 0) is 9.47 Å². The van der Waals surface area contributed by atoms with E-state index in [4.69, 9.17) is 16.3 Å². The summed E-state index contributed by atoms with van der Waals surface area (Å²) >= 11 is 5.01. The Morgan fingerprint density at radius 1 is 1.77 bits per heavy atom. The second-order valence-corrected chi connectivity index (χ2v) is 3.44. The van der Waals surface area contributed by atoms with E-state index in [2.05, 4.69) is 9.64 Å². The van der Waals surface area contributed by atoms with E-state index in [0.717, 1.165) is 19.7 Å². The van der Waals surface area contributed by atoms with Gasteiger partial charge in [0.25, 0.3) is 0 Å². The fourth-order valence-corrected chi connectivity index (χ4v) is 1.39. The molecule has 13 heavy (non-hydrogen) atoms. The van der Waals surface area contributed by atoms with Crippen LogP contribution in [0.4, 0.5) is 4.79 Å². The van der Waals surface area contributed by atoms with E-state index in [-0.39, 0.29) is 6.10 Å². The first kappa shape index (κ1) is 10.8. The first-order valence-corrected chi connectivity index (χ1v) is 4.68. The maximum atomic E-state index is 10.2. The van der Waals surface area contributed by atoms with Crippen LogP contribution in [0.1, 0.15) is 6.42 Å². The molecule has 0 aromatic carbocycles. The lowest BCUT2D eigenvalue weighted by atomic mass is 10.2. The van der Waals surface area contributed by atoms with Crippen LogP contribution in [0.5, 0.6) is 0 Å². The van der Waals surface area contributed by atoms with Crippen molar-refractivity contribution >= 4 is 17.0 Å². The summed E-state index contributed by atoms with van der Waals surface area (Å²) in [6.07, 6.45) is 0.873. The van der Waals surface area contributed by atoms with Crippen LogP contribution in [0.3, 0.4) is 0 Å². The first-order chi connectivity index (χ1) is 6.18. The highest BCUT2D eigenvalue weighted by Gasteiger charge is 2.17. The van der Waals surface area contributed by atoms with Crippen LogP contribution < -0.4 is 0 Å². The number of nitrogens with zero attached hydrogens (tertiary/aromatic N) is 1. The van der Waals surface area contributed by atoms with Gasteiger partial charge in [0, 0.05) is 31.1 Å². The molecule has 1 rings (SSSR count). The van der Waals surface area contributed by atoms with Gasteiger partial charge < -0.3 is 14.4 Å². The minimum atomic E-state index is -0.746. The Kier molecular flexibility index (Phi) is 4.48. The zero-order valence-corrected chi connectivity index (χ0v) is 8.42. The summed E-state index contributed by atoms with van der Waals surface area (Å²) < 4.78 is 10.1. The van der Waals surface area contributed by atoms with E-state index in [1.807, 2.05) is 7.05 Å². The van der Waals surface area contributed by atoms with E-state index in [9.17, 15) is 4.79 Å². The molecule has 0 aromatic heterocycles. The molecular formula is C8H14ClNO3. The average molecular weight is 208 g/mol. The van der Waals surface area contributed by atoms with Gasteiger partial charge in [0.1, 0.15) is 0 Å². The topological polar surface area (TPSA) is 38.8 Å². The molecule has 1 fully saturated rings. The second-order valence-electron chi connectivity index (χ2n) is 3.13. The molecule has 0 bridgehead atoms. The zero-order chi connectivity index (χ0) is 9.68. The molecule has 1 unspecified atom stereocenters. The molecule has 1 heterocycles. The highest BCUT2D eigenvalue weighted by Crippen LogP contribution is 2.07. The predicted molar refractivity (Wildman–Crippen MR) is 49.1 cm³/mol. The lowest BCUT2D eigenvalue weighted by molar-refractivity contribution is -0.0300. The van der Waals surface area contributed by atoms with Gasteiger partial charge in [-0.15, -0.1) is 0 Å². The number of likely N-dealkylation sites (N-methyl/N-ethyl adjacent to an activating group) is 1. The van der Waals surface area contributed by atoms with Crippen LogP contribution in [0.25, 0.3) is 0 Å². The zero-order valence-electron chi connectivity index (χ0n) is 7.66. The number of hydrogen-bond donors (Lipinski definition) is 0. The van der Waals surface area contributed by atoms with Crippen molar-refractivity contribution in [1.82, 2.24) is 4.90 Å². The number of rotatable bonds is 3. The first-order valence-electron chi connectivity index (χ1n) is 4.31. The molecule has 1 saturated heterocycles. The molecule has 4 nitrogen and oxygen atoms in total. The van der Waals surface area contributed by atoms with Gasteiger partial charge in [-0.2, -0.15) is 0 Å². The van der Waals surface area contributed by atoms with Gasteiger partial charge in [0.05, 0.1) is 19.3 Å². The van der Waals surface area contributed by atoms with Gasteiger partial charge in [0.15, 0.2) is 0 Å². The molecule has 1 atom stereocenters. The van der Waals surface area contributed by atoms with E-state index in [1.165, 1.54) is 0 Å². The number of ether oxygens (including phenoxy) is 2. The molecule has 0 spiro atoms. The number of hydrogen-bond acceptors (Lipinski definition) is 4. The molecule has 0 aliphatic carbocycles. The van der Waals surface area contributed by atoms with E-state index >= 15 is 0 Å². The Morgan fingerprint density at radius 2 is 2.54 bits per heavy atom. The predicted octanol–water partition coefficient (Wildman–Crippen LogP) is 1.08. The van der Waals surface area contributed by atoms with Gasteiger partial charge in [-0.25, -0.2) is 4.79 Å². The van der Waals surface area contributed by atoms with Gasteiger partial charge in [-0.05, 0) is 7.05 Å². The maximum absolute atomic E-state index is 10.2. The van der Waals surface area contributed by atoms with Gasteiger partial charge >= 0.3 is 5.43 Å². The largest absolute Gasteiger partial charge is 0.454 e. The number of carbonyl (C=O) groups is 1. The van der Waals surface area contributed by atoms with Crippen molar-refractivity contribution in [3.05, 3.63) is 0 Å². The molecule has 0 amide bonds. The van der Waals surface area contributed by atoms with Crippen LogP contribution in [-0.4, -0.2) is 49.8 Å². The van der Waals surface area contributed by atoms with Crippen LogP contribution in [0.15, 0.2) is 0 Å². The smallest absolute Gasteiger partial charge is 0.403 e. The van der Waals surface area contributed by atoms with Crippen molar-refractivity contribution in [2.24, 2.45) is 0 Å². The Hall–Kier alpha value is -0.320. The Morgan fingerprint density at radius 3 is 3.15 bits per heavy atom. The normalized spacial score (nSPS) is 24.3.